The van der Waals surface area contributed by atoms with Gasteiger partial charge in [-0.1, -0.05) is 40.6 Å². The molecule has 0 unspecified atom stereocenters. The fourth-order valence-electron chi connectivity index (χ4n) is 4.55. The molecule has 4 rings (SSSR count). The molecule has 2 heterocycles. The number of aromatic nitrogens is 3. The van der Waals surface area contributed by atoms with Gasteiger partial charge in [0.25, 0.3) is 0 Å². The maximum atomic E-state index is 12.8. The minimum absolute atomic E-state index is 0.0183. The van der Waals surface area contributed by atoms with E-state index < -0.39 is 0 Å². The molecule has 0 saturated heterocycles. The Bertz CT molecular complexity index is 1120. The summed E-state index contributed by atoms with van der Waals surface area (Å²) in [4.78, 5) is 30.2. The molecule has 3 atom stereocenters. The van der Waals surface area contributed by atoms with Crippen molar-refractivity contribution in [3.05, 3.63) is 53.2 Å². The van der Waals surface area contributed by atoms with Crippen molar-refractivity contribution in [2.24, 2.45) is 5.92 Å². The van der Waals surface area contributed by atoms with E-state index in [0.717, 1.165) is 22.6 Å². The number of carbonyl (C=O) groups excluding carboxylic acids is 2. The van der Waals surface area contributed by atoms with Crippen molar-refractivity contribution in [2.75, 3.05) is 0 Å². The zero-order valence-electron chi connectivity index (χ0n) is 20.0. The molecule has 2 aromatic heterocycles. The van der Waals surface area contributed by atoms with E-state index in [0.29, 0.717) is 37.4 Å². The summed E-state index contributed by atoms with van der Waals surface area (Å²) in [7, 11) is 0. The van der Waals surface area contributed by atoms with Gasteiger partial charge in [0.2, 0.25) is 23.5 Å². The molecule has 9 nitrogen and oxygen atoms in total. The van der Waals surface area contributed by atoms with Crippen LogP contribution in [0.4, 0.5) is 0 Å². The van der Waals surface area contributed by atoms with Crippen LogP contribution in [0.15, 0.2) is 39.4 Å². The van der Waals surface area contributed by atoms with Gasteiger partial charge in [-0.05, 0) is 47.0 Å². The van der Waals surface area contributed by atoms with Gasteiger partial charge < -0.3 is 19.7 Å². The summed E-state index contributed by atoms with van der Waals surface area (Å²) in [5, 5.41) is 14.2. The van der Waals surface area contributed by atoms with E-state index >= 15 is 0 Å². The Morgan fingerprint density at radius 1 is 1.09 bits per heavy atom. The molecule has 1 aromatic carbocycles. The molecular weight excluding hydrogens is 434 g/mol. The summed E-state index contributed by atoms with van der Waals surface area (Å²) in [5.74, 6) is 1.07. The molecule has 3 aromatic rings. The lowest BCUT2D eigenvalue weighted by Crippen LogP contribution is -2.38. The third-order valence-corrected chi connectivity index (χ3v) is 6.28. The van der Waals surface area contributed by atoms with Crippen LogP contribution in [0.1, 0.15) is 61.9 Å². The van der Waals surface area contributed by atoms with E-state index in [9.17, 15) is 9.59 Å². The first-order valence-corrected chi connectivity index (χ1v) is 11.7. The number of rotatable bonds is 8. The summed E-state index contributed by atoms with van der Waals surface area (Å²) < 4.78 is 10.8. The molecular formula is C25H31N5O4. The summed E-state index contributed by atoms with van der Waals surface area (Å²) >= 11 is 0. The lowest BCUT2D eigenvalue weighted by molar-refractivity contribution is -0.126. The summed E-state index contributed by atoms with van der Waals surface area (Å²) in [6.45, 7) is 7.58. The Balaban J connectivity index is 1.49. The average Bonchev–Trinajstić information content (AvgIpc) is 3.52. The molecule has 1 saturated carbocycles. The summed E-state index contributed by atoms with van der Waals surface area (Å²) in [6.07, 6.45) is 1.89. The van der Waals surface area contributed by atoms with E-state index in [-0.39, 0.29) is 35.7 Å². The Labute approximate surface area is 198 Å². The molecule has 0 bridgehead atoms. The molecule has 0 radical (unpaired) electrons. The molecule has 2 amide bonds. The molecule has 2 N–H and O–H groups in total. The Kier molecular flexibility index (Phi) is 7.09. The van der Waals surface area contributed by atoms with Gasteiger partial charge in [0.05, 0.1) is 11.6 Å². The third kappa shape index (κ3) is 5.35. The predicted molar refractivity (Wildman–Crippen MR) is 125 cm³/mol. The number of hydrogen-bond donors (Lipinski definition) is 2. The zero-order chi connectivity index (χ0) is 24.2. The smallest absolute Gasteiger partial charge is 0.232 e. The van der Waals surface area contributed by atoms with E-state index in [2.05, 4.69) is 25.9 Å². The van der Waals surface area contributed by atoms with Crippen LogP contribution in [-0.2, 0) is 16.0 Å². The topological polar surface area (TPSA) is 123 Å². The Morgan fingerprint density at radius 3 is 2.53 bits per heavy atom. The number of amides is 2. The lowest BCUT2D eigenvalue weighted by Gasteiger charge is -2.18. The number of nitrogens with zero attached hydrogens (tertiary/aromatic N) is 3. The maximum Gasteiger partial charge on any atom is 0.232 e. The fourth-order valence-corrected chi connectivity index (χ4v) is 4.55. The summed E-state index contributed by atoms with van der Waals surface area (Å²) in [6, 6.07) is 9.34. The van der Waals surface area contributed by atoms with Crippen molar-refractivity contribution in [2.45, 2.75) is 71.4 Å². The van der Waals surface area contributed by atoms with Gasteiger partial charge in [0.15, 0.2) is 0 Å². The Hall–Kier alpha value is -3.49. The van der Waals surface area contributed by atoms with E-state index in [1.165, 1.54) is 0 Å². The zero-order valence-corrected chi connectivity index (χ0v) is 20.0. The number of benzene rings is 1. The van der Waals surface area contributed by atoms with Gasteiger partial charge in [0, 0.05) is 35.5 Å². The normalized spacial score (nSPS) is 20.0. The van der Waals surface area contributed by atoms with Crippen LogP contribution in [0.2, 0.25) is 0 Å². The van der Waals surface area contributed by atoms with Crippen molar-refractivity contribution in [1.82, 2.24) is 25.9 Å². The van der Waals surface area contributed by atoms with Gasteiger partial charge in [-0.25, -0.2) is 0 Å². The van der Waals surface area contributed by atoms with Crippen LogP contribution >= 0.6 is 0 Å². The average molecular weight is 466 g/mol. The van der Waals surface area contributed by atoms with Crippen molar-refractivity contribution in [3.8, 4) is 11.4 Å². The summed E-state index contributed by atoms with van der Waals surface area (Å²) in [5.41, 5.74) is 2.61. The monoisotopic (exact) mass is 465 g/mol. The van der Waals surface area contributed by atoms with Gasteiger partial charge in [-0.2, -0.15) is 4.98 Å². The minimum atomic E-state index is -0.274. The first-order chi connectivity index (χ1) is 16.3. The molecule has 1 fully saturated rings. The van der Waals surface area contributed by atoms with Crippen LogP contribution in [0.5, 0.6) is 0 Å². The second-order valence-corrected chi connectivity index (χ2v) is 9.24. The highest BCUT2D eigenvalue weighted by atomic mass is 16.5. The molecule has 0 spiro atoms. The first-order valence-electron chi connectivity index (χ1n) is 11.7. The molecule has 1 aliphatic carbocycles. The second kappa shape index (κ2) is 10.2. The predicted octanol–water partition coefficient (Wildman–Crippen LogP) is 3.48. The number of hydrogen-bond acceptors (Lipinski definition) is 7. The van der Waals surface area contributed by atoms with E-state index in [1.807, 2.05) is 58.0 Å². The first kappa shape index (κ1) is 23.7. The third-order valence-electron chi connectivity index (χ3n) is 6.28. The minimum Gasteiger partial charge on any atom is -0.361 e. The number of carbonyl (C=O) groups is 2. The van der Waals surface area contributed by atoms with Crippen LogP contribution in [-0.4, -0.2) is 39.2 Å². The highest BCUT2D eigenvalue weighted by Crippen LogP contribution is 2.39. The van der Waals surface area contributed by atoms with Gasteiger partial charge in [-0.15, -0.1) is 0 Å². The van der Waals surface area contributed by atoms with Crippen molar-refractivity contribution < 1.29 is 18.6 Å². The van der Waals surface area contributed by atoms with Crippen LogP contribution in [0, 0.1) is 19.8 Å². The fraction of sp³-hybridized carbons (Fsp3) is 0.480. The van der Waals surface area contributed by atoms with Crippen molar-refractivity contribution >= 4 is 11.8 Å². The van der Waals surface area contributed by atoms with Crippen molar-refractivity contribution in [3.63, 3.8) is 0 Å². The lowest BCUT2D eigenvalue weighted by atomic mass is 10.0. The van der Waals surface area contributed by atoms with Gasteiger partial charge >= 0.3 is 0 Å². The quantitative estimate of drug-likeness (QED) is 0.522. The Morgan fingerprint density at radius 2 is 1.85 bits per heavy atom. The highest BCUT2D eigenvalue weighted by Gasteiger charge is 2.42. The largest absolute Gasteiger partial charge is 0.361 e. The van der Waals surface area contributed by atoms with Gasteiger partial charge in [-0.3, -0.25) is 9.59 Å². The molecule has 34 heavy (non-hydrogen) atoms. The van der Waals surface area contributed by atoms with Gasteiger partial charge in [0.1, 0.15) is 5.76 Å². The van der Waals surface area contributed by atoms with Crippen molar-refractivity contribution in [1.29, 1.82) is 0 Å². The van der Waals surface area contributed by atoms with Crippen LogP contribution in [0.3, 0.4) is 0 Å². The number of aryl methyl sites for hydroxylation is 2. The molecule has 9 heteroatoms. The molecule has 180 valence electrons. The second-order valence-electron chi connectivity index (χ2n) is 9.24. The van der Waals surface area contributed by atoms with E-state index in [4.69, 9.17) is 9.05 Å². The van der Waals surface area contributed by atoms with Crippen LogP contribution < -0.4 is 10.6 Å². The van der Waals surface area contributed by atoms with Crippen LogP contribution in [0.25, 0.3) is 11.4 Å². The standard InChI is InChI=1S/C25H31N5O4/c1-14(2)26-24(32)18-12-20(25-28-23(30-34-25)17-8-6-5-7-9-17)21(13-18)27-22(31)11-10-19-15(3)29-33-16(19)4/h5-9,14,18,20-21H,10-13H2,1-4H3,(H,26,32)(H,27,31)/t18-,20-,21+/m1/s1. The highest BCUT2D eigenvalue weighted by molar-refractivity contribution is 5.80. The maximum absolute atomic E-state index is 12.8. The SMILES string of the molecule is Cc1noc(C)c1CCC(=O)N[C@H]1C[C@H](C(=O)NC(C)C)C[C@H]1c1nc(-c2ccccc2)no1. The van der Waals surface area contributed by atoms with E-state index in [1.54, 1.807) is 0 Å². The molecule has 0 aliphatic heterocycles. The number of nitrogens with one attached hydrogen (secondary N) is 2. The molecule has 1 aliphatic rings.